The van der Waals surface area contributed by atoms with Gasteiger partial charge in [-0.15, -0.1) is 21.5 Å². The number of fused-ring (bicyclic) bond motifs is 1. The summed E-state index contributed by atoms with van der Waals surface area (Å²) in [6, 6.07) is 6.53. The number of nitrogens with zero attached hydrogens (tertiary/aromatic N) is 4. The van der Waals surface area contributed by atoms with Crippen LogP contribution in [-0.2, 0) is 26.1 Å². The second-order valence-electron chi connectivity index (χ2n) is 7.80. The SMILES string of the molecule is CCOC(=O)CNC(=O)NC(c1nnc(CNS(C)(=O)=O)o1)c1nc2ccc(-c3ccc(F)nc3)cc2s1. The van der Waals surface area contributed by atoms with Crippen molar-refractivity contribution in [2.24, 2.45) is 0 Å². The molecule has 13 nitrogen and oxygen atoms in total. The van der Waals surface area contributed by atoms with E-state index in [2.05, 4.69) is 35.5 Å². The molecule has 3 N–H and O–H groups in total. The lowest BCUT2D eigenvalue weighted by atomic mass is 10.1. The zero-order valence-electron chi connectivity index (χ0n) is 20.1. The van der Waals surface area contributed by atoms with Crippen LogP contribution in [0.2, 0.25) is 0 Å². The monoisotopic (exact) mass is 563 g/mol. The number of nitrogens with one attached hydrogen (secondary N) is 3. The van der Waals surface area contributed by atoms with Crippen LogP contribution in [0.4, 0.5) is 9.18 Å². The van der Waals surface area contributed by atoms with Crippen LogP contribution in [0.15, 0.2) is 40.9 Å². The molecular formula is C22H22FN7O6S2. The molecule has 0 spiro atoms. The number of thiazole rings is 1. The van der Waals surface area contributed by atoms with Crippen molar-refractivity contribution in [1.82, 2.24) is 35.5 Å². The fraction of sp³-hybridized carbons (Fsp3) is 0.273. The van der Waals surface area contributed by atoms with Gasteiger partial charge < -0.3 is 19.8 Å². The van der Waals surface area contributed by atoms with E-state index in [0.29, 0.717) is 16.1 Å². The van der Waals surface area contributed by atoms with Crippen molar-refractivity contribution in [3.8, 4) is 11.1 Å². The molecule has 1 aromatic carbocycles. The van der Waals surface area contributed by atoms with Crippen LogP contribution in [0.25, 0.3) is 21.3 Å². The summed E-state index contributed by atoms with van der Waals surface area (Å²) < 4.78 is 49.4. The Morgan fingerprint density at radius 1 is 1.18 bits per heavy atom. The summed E-state index contributed by atoms with van der Waals surface area (Å²) >= 11 is 1.23. The molecule has 0 fully saturated rings. The number of pyridine rings is 1. The third-order valence-electron chi connectivity index (χ3n) is 4.90. The van der Waals surface area contributed by atoms with E-state index in [4.69, 9.17) is 9.15 Å². The number of benzene rings is 1. The fourth-order valence-electron chi connectivity index (χ4n) is 3.22. The van der Waals surface area contributed by atoms with Crippen molar-refractivity contribution in [2.75, 3.05) is 19.4 Å². The van der Waals surface area contributed by atoms with Gasteiger partial charge in [0.15, 0.2) is 6.04 Å². The van der Waals surface area contributed by atoms with Crippen molar-refractivity contribution in [3.63, 3.8) is 0 Å². The maximum atomic E-state index is 13.2. The molecule has 1 atom stereocenters. The van der Waals surface area contributed by atoms with Crippen molar-refractivity contribution >= 4 is 43.6 Å². The van der Waals surface area contributed by atoms with E-state index in [9.17, 15) is 22.4 Å². The highest BCUT2D eigenvalue weighted by atomic mass is 32.2. The van der Waals surface area contributed by atoms with E-state index in [1.54, 1.807) is 25.1 Å². The fourth-order valence-corrected chi connectivity index (χ4v) is 4.65. The molecule has 16 heteroatoms. The lowest BCUT2D eigenvalue weighted by molar-refractivity contribution is -0.141. The molecule has 0 saturated carbocycles. The zero-order chi connectivity index (χ0) is 27.3. The number of sulfonamides is 1. The molecule has 0 aliphatic carbocycles. The molecule has 38 heavy (non-hydrogen) atoms. The van der Waals surface area contributed by atoms with Gasteiger partial charge in [0, 0.05) is 11.8 Å². The Morgan fingerprint density at radius 3 is 2.68 bits per heavy atom. The summed E-state index contributed by atoms with van der Waals surface area (Å²) in [6.45, 7) is 1.20. The van der Waals surface area contributed by atoms with Gasteiger partial charge in [-0.2, -0.15) is 4.39 Å². The summed E-state index contributed by atoms with van der Waals surface area (Å²) in [5.74, 6) is -1.29. The van der Waals surface area contributed by atoms with Crippen LogP contribution in [0, 0.1) is 5.95 Å². The lowest BCUT2D eigenvalue weighted by Crippen LogP contribution is -2.41. The topological polar surface area (TPSA) is 178 Å². The van der Waals surface area contributed by atoms with Gasteiger partial charge >= 0.3 is 12.0 Å². The Labute approximate surface area is 219 Å². The summed E-state index contributed by atoms with van der Waals surface area (Å²) in [5, 5.41) is 13.2. The maximum absolute atomic E-state index is 13.2. The molecule has 0 aliphatic rings. The average molecular weight is 564 g/mol. The highest BCUT2D eigenvalue weighted by molar-refractivity contribution is 7.88. The second kappa shape index (κ2) is 11.6. The number of hydrogen-bond acceptors (Lipinski definition) is 11. The Kier molecular flexibility index (Phi) is 8.23. The quantitative estimate of drug-likeness (QED) is 0.191. The molecule has 0 radical (unpaired) electrons. The number of esters is 1. The van der Waals surface area contributed by atoms with Crippen LogP contribution in [0.1, 0.15) is 29.8 Å². The van der Waals surface area contributed by atoms with Crippen molar-refractivity contribution in [2.45, 2.75) is 19.5 Å². The molecule has 200 valence electrons. The number of amides is 2. The van der Waals surface area contributed by atoms with Gasteiger partial charge in [-0.25, -0.2) is 27.9 Å². The van der Waals surface area contributed by atoms with Crippen LogP contribution in [0.5, 0.6) is 0 Å². The van der Waals surface area contributed by atoms with Crippen molar-refractivity contribution in [3.05, 3.63) is 59.3 Å². The van der Waals surface area contributed by atoms with Crippen LogP contribution in [-0.4, -0.2) is 60.0 Å². The number of urea groups is 1. The van der Waals surface area contributed by atoms with E-state index in [-0.39, 0.29) is 31.5 Å². The predicted octanol–water partition coefficient (Wildman–Crippen LogP) is 1.88. The minimum atomic E-state index is -3.51. The van der Waals surface area contributed by atoms with E-state index >= 15 is 0 Å². The summed E-state index contributed by atoms with van der Waals surface area (Å²) in [7, 11) is -3.51. The zero-order valence-corrected chi connectivity index (χ0v) is 21.7. The molecule has 0 saturated heterocycles. The highest BCUT2D eigenvalue weighted by Gasteiger charge is 2.27. The summed E-state index contributed by atoms with van der Waals surface area (Å²) in [6.07, 6.45) is 2.40. The third-order valence-corrected chi connectivity index (χ3v) is 6.65. The number of rotatable bonds is 10. The van der Waals surface area contributed by atoms with Gasteiger partial charge in [-0.1, -0.05) is 6.07 Å². The normalized spacial score (nSPS) is 12.3. The van der Waals surface area contributed by atoms with Crippen LogP contribution < -0.4 is 15.4 Å². The largest absolute Gasteiger partial charge is 0.465 e. The first-order chi connectivity index (χ1) is 18.1. The van der Waals surface area contributed by atoms with E-state index < -0.39 is 34.0 Å². The van der Waals surface area contributed by atoms with Gasteiger partial charge in [0.25, 0.3) is 0 Å². The van der Waals surface area contributed by atoms with Gasteiger partial charge in [0.2, 0.25) is 27.8 Å². The third kappa shape index (κ3) is 7.05. The van der Waals surface area contributed by atoms with Crippen LogP contribution >= 0.6 is 11.3 Å². The Bertz CT molecular complexity index is 1560. The number of carbonyl (C=O) groups excluding carboxylic acids is 2. The number of carbonyl (C=O) groups is 2. The molecule has 4 aromatic rings. The van der Waals surface area contributed by atoms with Gasteiger partial charge in [-0.05, 0) is 36.8 Å². The Morgan fingerprint density at radius 2 is 1.97 bits per heavy atom. The van der Waals surface area contributed by atoms with Gasteiger partial charge in [0.05, 0.1) is 29.6 Å². The molecule has 0 aliphatic heterocycles. The molecule has 4 rings (SSSR count). The van der Waals surface area contributed by atoms with Crippen molar-refractivity contribution < 1.29 is 31.6 Å². The predicted molar refractivity (Wildman–Crippen MR) is 134 cm³/mol. The summed E-state index contributed by atoms with van der Waals surface area (Å²) in [5.41, 5.74) is 2.10. The summed E-state index contributed by atoms with van der Waals surface area (Å²) in [4.78, 5) is 32.5. The van der Waals surface area contributed by atoms with Crippen LogP contribution in [0.3, 0.4) is 0 Å². The minimum absolute atomic E-state index is 0.0311. The smallest absolute Gasteiger partial charge is 0.325 e. The second-order valence-corrected chi connectivity index (χ2v) is 10.7. The maximum Gasteiger partial charge on any atom is 0.325 e. The highest BCUT2D eigenvalue weighted by Crippen LogP contribution is 2.32. The molecule has 1 unspecified atom stereocenters. The van der Waals surface area contributed by atoms with E-state index in [1.807, 2.05) is 6.07 Å². The number of ether oxygens (including phenoxy) is 1. The lowest BCUT2D eigenvalue weighted by Gasteiger charge is -2.13. The van der Waals surface area contributed by atoms with Crippen molar-refractivity contribution in [1.29, 1.82) is 0 Å². The minimum Gasteiger partial charge on any atom is -0.465 e. The average Bonchev–Trinajstić information content (AvgIpc) is 3.52. The van der Waals surface area contributed by atoms with E-state index in [1.165, 1.54) is 23.6 Å². The first-order valence-electron chi connectivity index (χ1n) is 11.1. The van der Waals surface area contributed by atoms with Gasteiger partial charge in [-0.3, -0.25) is 4.79 Å². The standard InChI is InChI=1S/C22H22FN7O6S2/c1-3-35-18(31)11-25-22(32)28-19(20-30-29-17(36-20)10-26-38(2,33)34)21-27-14-6-4-12(8-15(14)37-21)13-5-7-16(23)24-9-13/h4-9,19,26H,3,10-11H2,1-2H3,(H2,25,28,32). The number of hydrogen-bond donors (Lipinski definition) is 3. The van der Waals surface area contributed by atoms with E-state index in [0.717, 1.165) is 16.5 Å². The van der Waals surface area contributed by atoms with Gasteiger partial charge in [0.1, 0.15) is 11.6 Å². The molecular weight excluding hydrogens is 541 g/mol. The number of halogens is 1. The first kappa shape index (κ1) is 27.0. The molecule has 0 bridgehead atoms. The first-order valence-corrected chi connectivity index (χ1v) is 13.8. The Hall–Kier alpha value is -4.02. The molecule has 3 aromatic heterocycles. The number of aromatic nitrogens is 4. The Balaban J connectivity index is 1.62. The molecule has 2 amide bonds. The molecule has 3 heterocycles.